The first-order valence-corrected chi connectivity index (χ1v) is 3.04. The highest BCUT2D eigenvalue weighted by Gasteiger charge is 2.30. The molecule has 0 bridgehead atoms. The van der Waals surface area contributed by atoms with Gasteiger partial charge in [0, 0.05) is 0 Å². The smallest absolute Gasteiger partial charge is 0.0238 e. The van der Waals surface area contributed by atoms with Crippen molar-refractivity contribution in [3.8, 4) is 0 Å². The molecule has 0 heterocycles. The average Bonchev–Trinajstić information content (AvgIpc) is 1.68. The summed E-state index contributed by atoms with van der Waals surface area (Å²) in [6.45, 7) is 6.88. The Hall–Kier alpha value is 0. The lowest BCUT2D eigenvalue weighted by Gasteiger charge is -2.37. The fourth-order valence-electron chi connectivity index (χ4n) is 1.20. The largest absolute Gasteiger partial charge is 0.0622 e. The highest BCUT2D eigenvalue weighted by Crippen LogP contribution is 2.40. The van der Waals surface area contributed by atoms with Gasteiger partial charge in [-0.1, -0.05) is 20.8 Å². The van der Waals surface area contributed by atoms with E-state index in [4.69, 9.17) is 0 Å². The van der Waals surface area contributed by atoms with Crippen molar-refractivity contribution < 1.29 is 0 Å². The first-order valence-electron chi connectivity index (χ1n) is 3.04. The van der Waals surface area contributed by atoms with Crippen LogP contribution < -0.4 is 0 Å². The second kappa shape index (κ2) is 1.50. The Kier molecular flexibility index (Phi) is 1.10. The van der Waals surface area contributed by atoms with Crippen LogP contribution in [0.3, 0.4) is 0 Å². The molecule has 2 unspecified atom stereocenters. The fourth-order valence-corrected chi connectivity index (χ4v) is 1.20. The van der Waals surface area contributed by atoms with Gasteiger partial charge in [0.15, 0.2) is 0 Å². The molecule has 0 aliphatic heterocycles. The van der Waals surface area contributed by atoms with Gasteiger partial charge in [-0.3, -0.25) is 0 Å². The molecule has 41 valence electrons. The summed E-state index contributed by atoms with van der Waals surface area (Å²) in [5.74, 6) is 3.58. The van der Waals surface area contributed by atoms with Crippen LogP contribution in [-0.4, -0.2) is 0 Å². The van der Waals surface area contributed by atoms with E-state index < -0.39 is 0 Å². The highest BCUT2D eigenvalue weighted by atomic mass is 14.3. The molecule has 0 N–H and O–H groups in total. The van der Waals surface area contributed by atoms with Gasteiger partial charge in [0.1, 0.15) is 0 Å². The van der Waals surface area contributed by atoms with Crippen molar-refractivity contribution in [2.24, 2.45) is 11.8 Å². The predicted molar refractivity (Wildman–Crippen MR) is 31.9 cm³/mol. The Morgan fingerprint density at radius 1 is 1.43 bits per heavy atom. The van der Waals surface area contributed by atoms with Gasteiger partial charge in [-0.25, -0.2) is 0 Å². The molecule has 0 aromatic heterocycles. The Bertz CT molecular complexity index is 58.4. The summed E-state index contributed by atoms with van der Waals surface area (Å²) >= 11 is 0. The van der Waals surface area contributed by atoms with Crippen molar-refractivity contribution in [3.63, 3.8) is 0 Å². The zero-order chi connectivity index (χ0) is 5.44. The Balaban J connectivity index is 2.29. The van der Waals surface area contributed by atoms with Crippen LogP contribution in [0, 0.1) is 17.8 Å². The lowest BCUT2D eigenvalue weighted by Crippen LogP contribution is -2.27. The topological polar surface area (TPSA) is 0 Å². The SMILES string of the molecule is C[C]1CC(C)C1C. The molecule has 2 atom stereocenters. The molecule has 0 spiro atoms. The second-order valence-electron chi connectivity index (χ2n) is 2.82. The van der Waals surface area contributed by atoms with Crippen LogP contribution in [0.15, 0.2) is 0 Å². The van der Waals surface area contributed by atoms with Gasteiger partial charge in [0.2, 0.25) is 0 Å². The van der Waals surface area contributed by atoms with Crippen LogP contribution in [-0.2, 0) is 0 Å². The van der Waals surface area contributed by atoms with Crippen molar-refractivity contribution in [1.82, 2.24) is 0 Å². The summed E-state index contributed by atoms with van der Waals surface area (Å²) < 4.78 is 0. The monoisotopic (exact) mass is 97.1 g/mol. The van der Waals surface area contributed by atoms with Crippen molar-refractivity contribution in [1.29, 1.82) is 0 Å². The van der Waals surface area contributed by atoms with Gasteiger partial charge in [-0.05, 0) is 24.2 Å². The van der Waals surface area contributed by atoms with E-state index in [2.05, 4.69) is 20.8 Å². The minimum absolute atomic E-state index is 0.917. The van der Waals surface area contributed by atoms with Crippen molar-refractivity contribution in [3.05, 3.63) is 5.92 Å². The van der Waals surface area contributed by atoms with Crippen LogP contribution in [0.4, 0.5) is 0 Å². The van der Waals surface area contributed by atoms with Gasteiger partial charge in [-0.2, -0.15) is 0 Å². The first kappa shape index (κ1) is 5.14. The summed E-state index contributed by atoms with van der Waals surface area (Å²) in [5.41, 5.74) is 0. The molecule has 0 aromatic carbocycles. The maximum absolute atomic E-state index is 2.32. The average molecular weight is 97.2 g/mol. The van der Waals surface area contributed by atoms with Gasteiger partial charge < -0.3 is 0 Å². The van der Waals surface area contributed by atoms with E-state index in [1.54, 1.807) is 5.92 Å². The third-order valence-electron chi connectivity index (χ3n) is 2.27. The number of hydrogen-bond donors (Lipinski definition) is 0. The molecule has 1 fully saturated rings. The molecule has 7 heavy (non-hydrogen) atoms. The van der Waals surface area contributed by atoms with Crippen molar-refractivity contribution in [2.45, 2.75) is 27.2 Å². The summed E-state index contributed by atoms with van der Waals surface area (Å²) in [4.78, 5) is 0. The third-order valence-corrected chi connectivity index (χ3v) is 2.27. The number of rotatable bonds is 0. The first-order chi connectivity index (χ1) is 3.22. The van der Waals surface area contributed by atoms with E-state index in [1.807, 2.05) is 0 Å². The van der Waals surface area contributed by atoms with Crippen LogP contribution in [0.1, 0.15) is 27.2 Å². The van der Waals surface area contributed by atoms with Crippen LogP contribution >= 0.6 is 0 Å². The quantitative estimate of drug-likeness (QED) is 0.435. The fraction of sp³-hybridized carbons (Fsp3) is 0.857. The molecule has 0 amide bonds. The molecular formula is C7H13. The zero-order valence-electron chi connectivity index (χ0n) is 5.36. The third kappa shape index (κ3) is 0.667. The van der Waals surface area contributed by atoms with Crippen LogP contribution in [0.2, 0.25) is 0 Å². The molecule has 0 saturated heterocycles. The summed E-state index contributed by atoms with van der Waals surface area (Å²) in [5, 5.41) is 0. The van der Waals surface area contributed by atoms with E-state index in [-0.39, 0.29) is 0 Å². The Morgan fingerprint density at radius 3 is 2.00 bits per heavy atom. The number of hydrogen-bond acceptors (Lipinski definition) is 0. The van der Waals surface area contributed by atoms with E-state index in [9.17, 15) is 0 Å². The lowest BCUT2D eigenvalue weighted by atomic mass is 9.68. The van der Waals surface area contributed by atoms with Gasteiger partial charge >= 0.3 is 0 Å². The Morgan fingerprint density at radius 2 is 2.00 bits per heavy atom. The van der Waals surface area contributed by atoms with Gasteiger partial charge in [0.25, 0.3) is 0 Å². The van der Waals surface area contributed by atoms with Crippen LogP contribution in [0.25, 0.3) is 0 Å². The minimum Gasteiger partial charge on any atom is -0.0622 e. The molecular weight excluding hydrogens is 84.1 g/mol. The second-order valence-corrected chi connectivity index (χ2v) is 2.82. The van der Waals surface area contributed by atoms with E-state index in [0.717, 1.165) is 11.8 Å². The molecule has 0 nitrogen and oxygen atoms in total. The predicted octanol–water partition coefficient (Wildman–Crippen LogP) is 2.26. The van der Waals surface area contributed by atoms with E-state index in [0.29, 0.717) is 0 Å². The normalized spacial score (nSPS) is 43.3. The summed E-state index contributed by atoms with van der Waals surface area (Å²) in [7, 11) is 0. The minimum atomic E-state index is 0.917. The molecule has 0 heteroatoms. The van der Waals surface area contributed by atoms with Gasteiger partial charge in [-0.15, -0.1) is 0 Å². The van der Waals surface area contributed by atoms with Crippen molar-refractivity contribution >= 4 is 0 Å². The zero-order valence-corrected chi connectivity index (χ0v) is 5.36. The molecule has 1 saturated carbocycles. The maximum Gasteiger partial charge on any atom is -0.0238 e. The lowest BCUT2D eigenvalue weighted by molar-refractivity contribution is 0.264. The van der Waals surface area contributed by atoms with E-state index >= 15 is 0 Å². The maximum atomic E-state index is 2.32. The van der Waals surface area contributed by atoms with Crippen LogP contribution in [0.5, 0.6) is 0 Å². The molecule has 1 aliphatic rings. The molecule has 1 aliphatic carbocycles. The van der Waals surface area contributed by atoms with Gasteiger partial charge in [0.05, 0.1) is 0 Å². The standard InChI is InChI=1S/C7H13/c1-5-4-6(2)7(5)3/h5,7H,4H2,1-3H3. The van der Waals surface area contributed by atoms with Crippen molar-refractivity contribution in [2.75, 3.05) is 0 Å². The highest BCUT2D eigenvalue weighted by molar-refractivity contribution is 5.03. The molecule has 0 aromatic rings. The summed E-state index contributed by atoms with van der Waals surface area (Å²) in [6.07, 6.45) is 1.38. The molecule has 1 rings (SSSR count). The van der Waals surface area contributed by atoms with E-state index in [1.165, 1.54) is 6.42 Å². The Labute approximate surface area is 45.9 Å². The summed E-state index contributed by atoms with van der Waals surface area (Å²) in [6, 6.07) is 0. The molecule has 1 radical (unpaired) electrons.